The molecule has 0 saturated carbocycles. The number of carboxylic acid groups (broad SMARTS) is 1. The molecule has 7 heteroatoms. The Morgan fingerprint density at radius 1 is 1.32 bits per heavy atom. The van der Waals surface area contributed by atoms with Crippen molar-refractivity contribution in [3.63, 3.8) is 0 Å². The van der Waals surface area contributed by atoms with Crippen molar-refractivity contribution in [2.45, 2.75) is 50.6 Å². The highest BCUT2D eigenvalue weighted by atomic mass is 16.5. The number of nitrogens with two attached hydrogens (primary N) is 1. The Morgan fingerprint density at radius 3 is 2.47 bits per heavy atom. The van der Waals surface area contributed by atoms with Crippen LogP contribution in [-0.4, -0.2) is 47.2 Å². The van der Waals surface area contributed by atoms with Gasteiger partial charge in [-0.3, -0.25) is 4.79 Å². The van der Waals surface area contributed by atoms with Gasteiger partial charge in [0.05, 0.1) is 7.11 Å². The first-order valence-corrected chi connectivity index (χ1v) is 6.34. The molecule has 2 atom stereocenters. The van der Waals surface area contributed by atoms with Crippen LogP contribution in [0.5, 0.6) is 0 Å². The average Bonchev–Trinajstić information content (AvgIpc) is 2.71. The van der Waals surface area contributed by atoms with Crippen molar-refractivity contribution in [1.29, 1.82) is 0 Å². The predicted octanol–water partition coefficient (Wildman–Crippen LogP) is 0.716. The first-order valence-electron chi connectivity index (χ1n) is 6.34. The van der Waals surface area contributed by atoms with E-state index in [-0.39, 0.29) is 11.9 Å². The van der Waals surface area contributed by atoms with Crippen LogP contribution in [0, 0.1) is 0 Å². The van der Waals surface area contributed by atoms with Crippen LogP contribution in [0.3, 0.4) is 0 Å². The summed E-state index contributed by atoms with van der Waals surface area (Å²) < 4.78 is 3.89. The molecule has 2 rings (SSSR count). The molecular formula is C12H20N2O5. The number of rotatable bonds is 1. The molecule has 3 N–H and O–H groups in total. The molecule has 0 aliphatic carbocycles. The van der Waals surface area contributed by atoms with E-state index >= 15 is 0 Å². The molecule has 0 aromatic carbocycles. The molecule has 0 spiro atoms. The van der Waals surface area contributed by atoms with Crippen LogP contribution in [-0.2, 0) is 14.3 Å². The van der Waals surface area contributed by atoms with Gasteiger partial charge in [-0.15, -0.1) is 0 Å². The summed E-state index contributed by atoms with van der Waals surface area (Å²) in [6, 6.07) is -0.350. The zero-order valence-corrected chi connectivity index (χ0v) is 11.0. The molecule has 0 aromatic heterocycles. The topological polar surface area (TPSA) is 110 Å². The van der Waals surface area contributed by atoms with Gasteiger partial charge in [-0.25, -0.2) is 9.59 Å². The average molecular weight is 272 g/mol. The number of carboxylic acids is 1. The molecule has 2 fully saturated rings. The summed E-state index contributed by atoms with van der Waals surface area (Å²) in [7, 11) is 1.22. The Balaban J connectivity index is 0.000000312. The van der Waals surface area contributed by atoms with Crippen LogP contribution in [0.1, 0.15) is 38.5 Å². The maximum Gasteiger partial charge on any atom is 0.404 e. The van der Waals surface area contributed by atoms with Gasteiger partial charge in [0.1, 0.15) is 6.04 Å². The molecule has 108 valence electrons. The van der Waals surface area contributed by atoms with Gasteiger partial charge in [0.2, 0.25) is 5.91 Å². The predicted molar refractivity (Wildman–Crippen MR) is 66.4 cm³/mol. The fourth-order valence-corrected chi connectivity index (χ4v) is 2.57. The van der Waals surface area contributed by atoms with Gasteiger partial charge in [-0.1, -0.05) is 6.42 Å². The maximum atomic E-state index is 11.7. The third-order valence-electron chi connectivity index (χ3n) is 3.45. The van der Waals surface area contributed by atoms with Crippen LogP contribution in [0.15, 0.2) is 0 Å². The minimum atomic E-state index is -0.845. The molecular weight excluding hydrogens is 252 g/mol. The first kappa shape index (κ1) is 15.3. The van der Waals surface area contributed by atoms with Crippen LogP contribution in [0.4, 0.5) is 4.79 Å². The second-order valence-corrected chi connectivity index (χ2v) is 4.66. The zero-order chi connectivity index (χ0) is 14.4. The van der Waals surface area contributed by atoms with Crippen molar-refractivity contribution >= 4 is 18.0 Å². The van der Waals surface area contributed by atoms with Gasteiger partial charge in [0, 0.05) is 12.5 Å². The van der Waals surface area contributed by atoms with E-state index in [0.29, 0.717) is 12.8 Å². The number of carbonyl (C=O) groups excluding carboxylic acids is 2. The molecule has 2 aliphatic heterocycles. The summed E-state index contributed by atoms with van der Waals surface area (Å²) in [4.78, 5) is 33.6. The van der Waals surface area contributed by atoms with E-state index in [9.17, 15) is 14.4 Å². The Kier molecular flexibility index (Phi) is 5.59. The summed E-state index contributed by atoms with van der Waals surface area (Å²) >= 11 is 0. The van der Waals surface area contributed by atoms with Gasteiger partial charge in [-0.05, 0) is 25.7 Å². The fraction of sp³-hybridized carbons (Fsp3) is 0.750. The van der Waals surface area contributed by atoms with Crippen molar-refractivity contribution in [3.8, 4) is 0 Å². The highest BCUT2D eigenvalue weighted by Gasteiger charge is 2.41. The SMILES string of the molecule is COC(N)=O.O=C(O)[C@@H]1CC[C@@H]2CCCCC(=O)N21. The van der Waals surface area contributed by atoms with E-state index in [1.54, 1.807) is 4.90 Å². The summed E-state index contributed by atoms with van der Waals surface area (Å²) in [6.45, 7) is 0. The molecule has 2 saturated heterocycles. The monoisotopic (exact) mass is 272 g/mol. The molecule has 0 unspecified atom stereocenters. The number of carbonyl (C=O) groups is 3. The summed E-state index contributed by atoms with van der Waals surface area (Å²) in [5.41, 5.74) is 4.43. The maximum absolute atomic E-state index is 11.7. The smallest absolute Gasteiger partial charge is 0.404 e. The molecule has 0 bridgehead atoms. The number of nitrogens with zero attached hydrogens (tertiary/aromatic N) is 1. The highest BCUT2D eigenvalue weighted by molar-refractivity contribution is 5.84. The van der Waals surface area contributed by atoms with Gasteiger partial charge >= 0.3 is 12.1 Å². The minimum absolute atomic E-state index is 0.0393. The van der Waals surface area contributed by atoms with Crippen LogP contribution in [0.25, 0.3) is 0 Å². The Labute approximate surface area is 111 Å². The second kappa shape index (κ2) is 6.96. The molecule has 7 nitrogen and oxygen atoms in total. The van der Waals surface area contributed by atoms with E-state index in [0.717, 1.165) is 25.7 Å². The van der Waals surface area contributed by atoms with Crippen LogP contribution < -0.4 is 5.73 Å². The van der Waals surface area contributed by atoms with E-state index in [1.165, 1.54) is 7.11 Å². The number of methoxy groups -OCH3 is 1. The number of primary amides is 1. The van der Waals surface area contributed by atoms with Crippen molar-refractivity contribution in [1.82, 2.24) is 4.90 Å². The van der Waals surface area contributed by atoms with Gasteiger partial charge < -0.3 is 20.5 Å². The number of aliphatic carboxylic acids is 1. The van der Waals surface area contributed by atoms with E-state index < -0.39 is 18.1 Å². The lowest BCUT2D eigenvalue weighted by molar-refractivity contribution is -0.149. The highest BCUT2D eigenvalue weighted by Crippen LogP contribution is 2.31. The third kappa shape index (κ3) is 4.11. The summed E-state index contributed by atoms with van der Waals surface area (Å²) in [6.07, 6.45) is 4.23. The van der Waals surface area contributed by atoms with Gasteiger partial charge in [0.15, 0.2) is 0 Å². The van der Waals surface area contributed by atoms with E-state index in [1.807, 2.05) is 0 Å². The fourth-order valence-electron chi connectivity index (χ4n) is 2.57. The standard InChI is InChI=1S/C10H15NO3.C2H5NO2/c12-9-4-2-1-3-7-5-6-8(10(13)14)11(7)9;1-5-2(3)4/h7-8H,1-6H2,(H,13,14);1H3,(H2,3,4)/t7-,8-;/m0./s1. The quantitative estimate of drug-likeness (QED) is 0.730. The summed E-state index contributed by atoms with van der Waals surface area (Å²) in [5.74, 6) is -0.805. The van der Waals surface area contributed by atoms with Crippen molar-refractivity contribution in [3.05, 3.63) is 0 Å². The number of hydrogen-bond donors (Lipinski definition) is 2. The number of fused-ring (bicyclic) bond motifs is 1. The number of hydrogen-bond acceptors (Lipinski definition) is 4. The molecule has 2 amide bonds. The van der Waals surface area contributed by atoms with Crippen molar-refractivity contribution < 1.29 is 24.2 Å². The lowest BCUT2D eigenvalue weighted by Crippen LogP contribution is -2.43. The third-order valence-corrected chi connectivity index (χ3v) is 3.45. The van der Waals surface area contributed by atoms with E-state index in [4.69, 9.17) is 5.11 Å². The first-order chi connectivity index (χ1) is 8.97. The van der Waals surface area contributed by atoms with Crippen molar-refractivity contribution in [2.75, 3.05) is 7.11 Å². The lowest BCUT2D eigenvalue weighted by Gasteiger charge is -2.26. The zero-order valence-electron chi connectivity index (χ0n) is 11.0. The molecule has 0 radical (unpaired) electrons. The lowest BCUT2D eigenvalue weighted by atomic mass is 10.1. The largest absolute Gasteiger partial charge is 0.480 e. The Bertz CT molecular complexity index is 358. The Morgan fingerprint density at radius 2 is 1.95 bits per heavy atom. The summed E-state index contributed by atoms with van der Waals surface area (Å²) in [5, 5.41) is 8.97. The van der Waals surface area contributed by atoms with Gasteiger partial charge in [0.25, 0.3) is 0 Å². The second-order valence-electron chi connectivity index (χ2n) is 4.66. The Hall–Kier alpha value is -1.79. The van der Waals surface area contributed by atoms with Crippen LogP contribution >= 0.6 is 0 Å². The molecule has 0 aromatic rings. The number of ether oxygens (including phenoxy) is 1. The molecule has 2 aliphatic rings. The molecule has 2 heterocycles. The van der Waals surface area contributed by atoms with Crippen LogP contribution in [0.2, 0.25) is 0 Å². The number of amides is 2. The van der Waals surface area contributed by atoms with Gasteiger partial charge in [-0.2, -0.15) is 0 Å². The van der Waals surface area contributed by atoms with Crippen molar-refractivity contribution in [2.24, 2.45) is 5.73 Å². The molecule has 19 heavy (non-hydrogen) atoms. The minimum Gasteiger partial charge on any atom is -0.480 e. The van der Waals surface area contributed by atoms with E-state index in [2.05, 4.69) is 10.5 Å². The normalized spacial score (nSPS) is 25.7.